The molecule has 1 heterocycles. The van der Waals surface area contributed by atoms with Crippen molar-refractivity contribution < 1.29 is 0 Å². The molecular formula is C14H19N3. The van der Waals surface area contributed by atoms with Crippen molar-refractivity contribution >= 4 is 5.82 Å². The molecule has 17 heavy (non-hydrogen) atoms. The molecular weight excluding hydrogens is 210 g/mol. The van der Waals surface area contributed by atoms with Crippen LogP contribution in [0, 0.1) is 12.3 Å². The van der Waals surface area contributed by atoms with Crippen LogP contribution in [0.4, 0.5) is 5.82 Å². The van der Waals surface area contributed by atoms with Crippen molar-refractivity contribution in [2.75, 3.05) is 11.9 Å². The van der Waals surface area contributed by atoms with Gasteiger partial charge in [-0.05, 0) is 32.1 Å². The van der Waals surface area contributed by atoms with Crippen molar-refractivity contribution in [3.63, 3.8) is 0 Å². The highest BCUT2D eigenvalue weighted by Gasteiger charge is 2.13. The van der Waals surface area contributed by atoms with Crippen LogP contribution in [0.1, 0.15) is 43.4 Å². The highest BCUT2D eigenvalue weighted by atomic mass is 15.0. The molecule has 0 fully saturated rings. The van der Waals surface area contributed by atoms with E-state index < -0.39 is 0 Å². The lowest BCUT2D eigenvalue weighted by atomic mass is 10.1. The highest BCUT2D eigenvalue weighted by molar-refractivity contribution is 5.46. The fourth-order valence-corrected chi connectivity index (χ4v) is 2.25. The molecule has 0 unspecified atom stereocenters. The van der Waals surface area contributed by atoms with E-state index in [-0.39, 0.29) is 0 Å². The maximum absolute atomic E-state index is 5.24. The molecule has 0 saturated carbocycles. The predicted molar refractivity (Wildman–Crippen MR) is 69.8 cm³/mol. The SMILES string of the molecule is C#CCCCNc1ncnc2c1CCCCC2. The number of aromatic nitrogens is 2. The van der Waals surface area contributed by atoms with Gasteiger partial charge in [0.2, 0.25) is 0 Å². The van der Waals surface area contributed by atoms with Crippen LogP contribution in [-0.2, 0) is 12.8 Å². The molecule has 2 rings (SSSR count). The molecule has 3 nitrogen and oxygen atoms in total. The van der Waals surface area contributed by atoms with Crippen molar-refractivity contribution in [2.45, 2.75) is 44.9 Å². The average molecular weight is 229 g/mol. The zero-order valence-electron chi connectivity index (χ0n) is 10.2. The third kappa shape index (κ3) is 3.20. The summed E-state index contributed by atoms with van der Waals surface area (Å²) in [6.45, 7) is 0.896. The quantitative estimate of drug-likeness (QED) is 0.490. The van der Waals surface area contributed by atoms with Crippen LogP contribution in [0.5, 0.6) is 0 Å². The zero-order chi connectivity index (χ0) is 11.9. The molecule has 90 valence electrons. The molecule has 3 heteroatoms. The Morgan fingerprint density at radius 2 is 2.12 bits per heavy atom. The summed E-state index contributed by atoms with van der Waals surface area (Å²) in [6, 6.07) is 0. The number of fused-ring (bicyclic) bond motifs is 1. The first-order valence-electron chi connectivity index (χ1n) is 6.42. The van der Waals surface area contributed by atoms with Crippen LogP contribution in [0.2, 0.25) is 0 Å². The van der Waals surface area contributed by atoms with Gasteiger partial charge in [0.05, 0.1) is 0 Å². The van der Waals surface area contributed by atoms with Gasteiger partial charge in [-0.3, -0.25) is 0 Å². The minimum absolute atomic E-state index is 0.820. The number of nitrogens with one attached hydrogen (secondary N) is 1. The molecule has 0 amide bonds. The molecule has 1 aliphatic rings. The Bertz CT molecular complexity index is 406. The molecule has 0 bridgehead atoms. The molecule has 0 aliphatic heterocycles. The molecule has 1 aromatic rings. The van der Waals surface area contributed by atoms with Gasteiger partial charge >= 0.3 is 0 Å². The van der Waals surface area contributed by atoms with Crippen LogP contribution in [0.15, 0.2) is 6.33 Å². The van der Waals surface area contributed by atoms with E-state index in [1.165, 1.54) is 30.5 Å². The van der Waals surface area contributed by atoms with E-state index in [9.17, 15) is 0 Å². The standard InChI is InChI=1S/C14H19N3/c1-2-3-7-10-15-14-12-8-5-4-6-9-13(12)16-11-17-14/h1,11H,3-10H2,(H,15,16,17). The highest BCUT2D eigenvalue weighted by Crippen LogP contribution is 2.23. The Kier molecular flexibility index (Phi) is 4.37. The first-order chi connectivity index (χ1) is 8.42. The summed E-state index contributed by atoms with van der Waals surface area (Å²) in [7, 11) is 0. The van der Waals surface area contributed by atoms with E-state index in [0.717, 1.165) is 38.0 Å². The van der Waals surface area contributed by atoms with Gasteiger partial charge in [-0.25, -0.2) is 9.97 Å². The summed E-state index contributed by atoms with van der Waals surface area (Å²) >= 11 is 0. The summed E-state index contributed by atoms with van der Waals surface area (Å²) < 4.78 is 0. The van der Waals surface area contributed by atoms with Crippen molar-refractivity contribution in [1.82, 2.24) is 9.97 Å². The first-order valence-corrected chi connectivity index (χ1v) is 6.42. The second-order valence-corrected chi connectivity index (χ2v) is 4.44. The minimum atomic E-state index is 0.820. The number of anilines is 1. The number of hydrogen-bond acceptors (Lipinski definition) is 3. The van der Waals surface area contributed by atoms with Crippen LogP contribution in [0.25, 0.3) is 0 Å². The molecule has 0 aromatic carbocycles. The van der Waals surface area contributed by atoms with E-state index >= 15 is 0 Å². The summed E-state index contributed by atoms with van der Waals surface area (Å²) in [4.78, 5) is 8.76. The summed E-state index contributed by atoms with van der Waals surface area (Å²) in [5.41, 5.74) is 2.56. The number of hydrogen-bond donors (Lipinski definition) is 1. The zero-order valence-corrected chi connectivity index (χ0v) is 10.2. The molecule has 1 aromatic heterocycles. The van der Waals surface area contributed by atoms with E-state index in [4.69, 9.17) is 6.42 Å². The molecule has 1 N–H and O–H groups in total. The second-order valence-electron chi connectivity index (χ2n) is 4.44. The Morgan fingerprint density at radius 1 is 1.24 bits per heavy atom. The number of rotatable bonds is 4. The van der Waals surface area contributed by atoms with Gasteiger partial charge in [0.25, 0.3) is 0 Å². The molecule has 0 spiro atoms. The summed E-state index contributed by atoms with van der Waals surface area (Å²) in [6.07, 6.45) is 14.7. The summed E-state index contributed by atoms with van der Waals surface area (Å²) in [5.74, 6) is 3.68. The number of nitrogens with zero attached hydrogens (tertiary/aromatic N) is 2. The van der Waals surface area contributed by atoms with Crippen molar-refractivity contribution in [3.05, 3.63) is 17.6 Å². The van der Waals surface area contributed by atoms with E-state index in [2.05, 4.69) is 21.2 Å². The predicted octanol–water partition coefficient (Wildman–Crippen LogP) is 2.57. The first kappa shape index (κ1) is 11.9. The topological polar surface area (TPSA) is 37.8 Å². The van der Waals surface area contributed by atoms with Gasteiger partial charge in [-0.1, -0.05) is 6.42 Å². The van der Waals surface area contributed by atoms with Gasteiger partial charge in [0.15, 0.2) is 0 Å². The maximum atomic E-state index is 5.24. The lowest BCUT2D eigenvalue weighted by Gasteiger charge is -2.11. The second kappa shape index (κ2) is 6.24. The Morgan fingerprint density at radius 3 is 3.00 bits per heavy atom. The minimum Gasteiger partial charge on any atom is -0.370 e. The average Bonchev–Trinajstić information content (AvgIpc) is 2.60. The normalized spacial score (nSPS) is 14.5. The van der Waals surface area contributed by atoms with Gasteiger partial charge in [-0.2, -0.15) is 0 Å². The molecule has 0 atom stereocenters. The molecule has 1 aliphatic carbocycles. The van der Waals surface area contributed by atoms with Crippen molar-refractivity contribution in [2.24, 2.45) is 0 Å². The monoisotopic (exact) mass is 229 g/mol. The fraction of sp³-hybridized carbons (Fsp3) is 0.571. The Labute approximate surface area is 103 Å². The van der Waals surface area contributed by atoms with Gasteiger partial charge in [-0.15, -0.1) is 12.3 Å². The van der Waals surface area contributed by atoms with E-state index in [1.54, 1.807) is 6.33 Å². The van der Waals surface area contributed by atoms with Gasteiger partial charge in [0.1, 0.15) is 12.1 Å². The van der Waals surface area contributed by atoms with Crippen molar-refractivity contribution in [3.8, 4) is 12.3 Å². The Hall–Kier alpha value is -1.56. The smallest absolute Gasteiger partial charge is 0.132 e. The lowest BCUT2D eigenvalue weighted by Crippen LogP contribution is -2.09. The summed E-state index contributed by atoms with van der Waals surface area (Å²) in [5, 5.41) is 3.39. The largest absolute Gasteiger partial charge is 0.370 e. The van der Waals surface area contributed by atoms with E-state index in [1.807, 2.05) is 0 Å². The van der Waals surface area contributed by atoms with Gasteiger partial charge < -0.3 is 5.32 Å². The Balaban J connectivity index is 2.04. The van der Waals surface area contributed by atoms with Crippen LogP contribution in [-0.4, -0.2) is 16.5 Å². The van der Waals surface area contributed by atoms with E-state index in [0.29, 0.717) is 0 Å². The van der Waals surface area contributed by atoms with Crippen LogP contribution >= 0.6 is 0 Å². The number of terminal acetylenes is 1. The van der Waals surface area contributed by atoms with Crippen molar-refractivity contribution in [1.29, 1.82) is 0 Å². The van der Waals surface area contributed by atoms with Gasteiger partial charge in [0, 0.05) is 24.2 Å². The maximum Gasteiger partial charge on any atom is 0.132 e. The third-order valence-corrected chi connectivity index (χ3v) is 3.17. The van der Waals surface area contributed by atoms with Crippen LogP contribution in [0.3, 0.4) is 0 Å². The molecule has 0 radical (unpaired) electrons. The fourth-order valence-electron chi connectivity index (χ4n) is 2.25. The third-order valence-electron chi connectivity index (χ3n) is 3.17. The number of aryl methyl sites for hydroxylation is 1. The lowest BCUT2D eigenvalue weighted by molar-refractivity contribution is 0.708. The molecule has 0 saturated heterocycles. The van der Waals surface area contributed by atoms with Crippen LogP contribution < -0.4 is 5.32 Å². The number of unbranched alkanes of at least 4 members (excludes halogenated alkanes) is 1.